The van der Waals surface area contributed by atoms with Crippen LogP contribution < -0.4 is 0 Å². The lowest BCUT2D eigenvalue weighted by atomic mass is 9.59. The van der Waals surface area contributed by atoms with Gasteiger partial charge in [-0.2, -0.15) is 0 Å². The first-order chi connectivity index (χ1) is 15.2. The van der Waals surface area contributed by atoms with E-state index in [1.165, 1.54) is 109 Å². The highest BCUT2D eigenvalue weighted by Crippen LogP contribution is 2.53. The minimum Gasteiger partial charge on any atom is -0.367 e. The largest absolute Gasteiger partial charge is 0.367 e. The van der Waals surface area contributed by atoms with E-state index in [4.69, 9.17) is 4.74 Å². The number of piperidine rings is 1. The molecule has 4 saturated carbocycles. The molecule has 0 radical (unpaired) electrons. The summed E-state index contributed by atoms with van der Waals surface area (Å²) in [6.07, 6.45) is 27.5. The van der Waals surface area contributed by atoms with E-state index >= 15 is 0 Å². The molecule has 5 fully saturated rings. The Morgan fingerprint density at radius 1 is 0.742 bits per heavy atom. The summed E-state index contributed by atoms with van der Waals surface area (Å²) in [6, 6.07) is 0.802. The van der Waals surface area contributed by atoms with Crippen molar-refractivity contribution >= 4 is 0 Å². The number of rotatable bonds is 2. The van der Waals surface area contributed by atoms with E-state index in [0.29, 0.717) is 12.0 Å². The van der Waals surface area contributed by atoms with Crippen molar-refractivity contribution in [2.75, 3.05) is 13.1 Å². The molecule has 0 bridgehead atoms. The summed E-state index contributed by atoms with van der Waals surface area (Å²) in [5.74, 6) is 5.30. The highest BCUT2D eigenvalue weighted by Gasteiger charge is 2.51. The summed E-state index contributed by atoms with van der Waals surface area (Å²) in [6.45, 7) is 5.17. The van der Waals surface area contributed by atoms with Gasteiger partial charge in [-0.3, -0.25) is 0 Å². The van der Waals surface area contributed by atoms with Gasteiger partial charge in [0.2, 0.25) is 0 Å². The monoisotopic (exact) mass is 425 g/mol. The van der Waals surface area contributed by atoms with Crippen molar-refractivity contribution < 1.29 is 4.74 Å². The number of ether oxygens (including phenoxy) is 1. The second-order valence-corrected chi connectivity index (χ2v) is 12.6. The second kappa shape index (κ2) is 8.79. The zero-order valence-electron chi connectivity index (χ0n) is 20.1. The van der Waals surface area contributed by atoms with Gasteiger partial charge in [-0.15, -0.1) is 0 Å². The average molecular weight is 426 g/mol. The zero-order chi connectivity index (χ0) is 20.8. The summed E-state index contributed by atoms with van der Waals surface area (Å²) >= 11 is 0. The number of fused-ring (bicyclic) bond motifs is 4. The lowest BCUT2D eigenvalue weighted by Crippen LogP contribution is -2.58. The molecule has 2 aliphatic heterocycles. The van der Waals surface area contributed by atoms with Crippen LogP contribution in [0, 0.1) is 35.5 Å². The average Bonchev–Trinajstić information content (AvgIpc) is 2.83. The minimum absolute atomic E-state index is 0.00245. The first-order valence-corrected chi connectivity index (χ1v) is 14.3. The summed E-state index contributed by atoms with van der Waals surface area (Å²) in [7, 11) is 0. The van der Waals surface area contributed by atoms with Crippen LogP contribution in [0.15, 0.2) is 12.2 Å². The predicted molar refractivity (Wildman–Crippen MR) is 128 cm³/mol. The van der Waals surface area contributed by atoms with Crippen molar-refractivity contribution in [3.63, 3.8) is 0 Å². The quantitative estimate of drug-likeness (QED) is 0.442. The van der Waals surface area contributed by atoms with Crippen LogP contribution in [0.2, 0.25) is 0 Å². The van der Waals surface area contributed by atoms with Crippen molar-refractivity contribution in [1.29, 1.82) is 0 Å². The smallest absolute Gasteiger partial charge is 0.0866 e. The summed E-state index contributed by atoms with van der Waals surface area (Å²) in [5.41, 5.74) is -0.00245. The van der Waals surface area contributed by atoms with Gasteiger partial charge < -0.3 is 9.64 Å². The Hall–Kier alpha value is -0.340. The van der Waals surface area contributed by atoms with Crippen LogP contribution in [0.4, 0.5) is 0 Å². The van der Waals surface area contributed by atoms with Gasteiger partial charge in [0, 0.05) is 12.0 Å². The van der Waals surface area contributed by atoms with Crippen LogP contribution in [0.1, 0.15) is 103 Å². The van der Waals surface area contributed by atoms with Crippen LogP contribution in [0.5, 0.6) is 0 Å². The van der Waals surface area contributed by atoms with E-state index in [-0.39, 0.29) is 5.60 Å². The molecule has 0 N–H and O–H groups in total. The van der Waals surface area contributed by atoms with Crippen molar-refractivity contribution in [2.24, 2.45) is 35.5 Å². The van der Waals surface area contributed by atoms with Gasteiger partial charge in [-0.25, -0.2) is 0 Å². The van der Waals surface area contributed by atoms with E-state index in [2.05, 4.69) is 24.0 Å². The summed E-state index contributed by atoms with van der Waals surface area (Å²) < 4.78 is 7.25. The first kappa shape index (κ1) is 21.2. The van der Waals surface area contributed by atoms with Crippen LogP contribution in [0.3, 0.4) is 0 Å². The van der Waals surface area contributed by atoms with Crippen LogP contribution in [-0.4, -0.2) is 35.7 Å². The summed E-state index contributed by atoms with van der Waals surface area (Å²) in [5, 5.41) is 0. The molecule has 0 amide bonds. The molecule has 31 heavy (non-hydrogen) atoms. The molecule has 6 rings (SSSR count). The third kappa shape index (κ3) is 3.96. The van der Waals surface area contributed by atoms with Gasteiger partial charge in [0.15, 0.2) is 0 Å². The normalized spacial score (nSPS) is 50.9. The molecule has 1 saturated heterocycles. The topological polar surface area (TPSA) is 12.5 Å². The fourth-order valence-electron chi connectivity index (χ4n) is 9.35. The first-order valence-electron chi connectivity index (χ1n) is 14.3. The van der Waals surface area contributed by atoms with Crippen molar-refractivity contribution in [2.45, 2.75) is 121 Å². The van der Waals surface area contributed by atoms with Crippen molar-refractivity contribution in [3.8, 4) is 0 Å². The fourth-order valence-corrected chi connectivity index (χ4v) is 9.35. The lowest BCUT2D eigenvalue weighted by molar-refractivity contribution is -0.167. The van der Waals surface area contributed by atoms with Gasteiger partial charge in [0.05, 0.1) is 11.7 Å². The second-order valence-electron chi connectivity index (χ2n) is 12.6. The molecule has 2 heterocycles. The molecule has 174 valence electrons. The number of likely N-dealkylation sites (tertiary alicyclic amines) is 1. The van der Waals surface area contributed by atoms with E-state index < -0.39 is 0 Å². The molecule has 0 aromatic carbocycles. The third-order valence-electron chi connectivity index (χ3n) is 11.0. The number of hydrogen-bond donors (Lipinski definition) is 0. The highest BCUT2D eigenvalue weighted by atomic mass is 16.5. The number of hydrogen-bond acceptors (Lipinski definition) is 2. The molecule has 9 atom stereocenters. The molecule has 0 aromatic rings. The Morgan fingerprint density at radius 3 is 2.32 bits per heavy atom. The zero-order valence-corrected chi connectivity index (χ0v) is 20.1. The van der Waals surface area contributed by atoms with Crippen molar-refractivity contribution in [3.05, 3.63) is 12.2 Å². The van der Waals surface area contributed by atoms with E-state index in [1.807, 2.05) is 0 Å². The highest BCUT2D eigenvalue weighted by molar-refractivity contribution is 5.16. The lowest BCUT2D eigenvalue weighted by Gasteiger charge is -2.56. The molecule has 2 nitrogen and oxygen atoms in total. The van der Waals surface area contributed by atoms with Gasteiger partial charge >= 0.3 is 0 Å². The van der Waals surface area contributed by atoms with Crippen LogP contribution in [-0.2, 0) is 4.74 Å². The predicted octanol–water partition coefficient (Wildman–Crippen LogP) is 6.99. The molecule has 6 aliphatic rings. The molecule has 0 spiro atoms. The van der Waals surface area contributed by atoms with Gasteiger partial charge in [-0.1, -0.05) is 57.1 Å². The van der Waals surface area contributed by atoms with Gasteiger partial charge in [0.25, 0.3) is 0 Å². The molecular weight excluding hydrogens is 378 g/mol. The molecule has 2 heteroatoms. The Morgan fingerprint density at radius 2 is 1.48 bits per heavy atom. The Bertz CT molecular complexity index is 653. The maximum absolute atomic E-state index is 7.25. The van der Waals surface area contributed by atoms with E-state index in [9.17, 15) is 0 Å². The molecule has 9 unspecified atom stereocenters. The standard InChI is InChI=1S/C29H47NO/c1-29(23-14-13-21-9-3-4-10-22(21)19-23)16-15-26-24-11-5-6-12-25(24)27(20-28(26)31-29)30-17-7-2-8-18-30/h15-16,21-28H,2-14,17-20H2,1H3. The summed E-state index contributed by atoms with van der Waals surface area (Å²) in [4.78, 5) is 2.91. The third-order valence-corrected chi connectivity index (χ3v) is 11.0. The Balaban J connectivity index is 1.21. The molecule has 4 aliphatic carbocycles. The van der Waals surface area contributed by atoms with Gasteiger partial charge in [-0.05, 0) is 101 Å². The maximum atomic E-state index is 7.25. The fraction of sp³-hybridized carbons (Fsp3) is 0.931. The van der Waals surface area contributed by atoms with E-state index in [0.717, 1.165) is 35.6 Å². The molecular formula is C29H47NO. The SMILES string of the molecule is CC1(C2CCC3CCCCC3C2)C=CC2C(CC(N3CCCCC3)C3CCCCC23)O1. The van der Waals surface area contributed by atoms with Crippen molar-refractivity contribution in [1.82, 2.24) is 4.90 Å². The minimum atomic E-state index is -0.00245. The maximum Gasteiger partial charge on any atom is 0.0866 e. The Kier molecular flexibility index (Phi) is 6.01. The molecule has 0 aromatic heterocycles. The van der Waals surface area contributed by atoms with Crippen LogP contribution >= 0.6 is 0 Å². The number of nitrogens with zero attached hydrogens (tertiary/aromatic N) is 1. The Labute approximate surface area is 191 Å². The van der Waals surface area contributed by atoms with E-state index in [1.54, 1.807) is 0 Å². The van der Waals surface area contributed by atoms with Gasteiger partial charge in [0.1, 0.15) is 0 Å². The van der Waals surface area contributed by atoms with Crippen LogP contribution in [0.25, 0.3) is 0 Å².